The number of benzene rings is 5. The van der Waals surface area contributed by atoms with Crippen LogP contribution in [0.15, 0.2) is 103 Å². The second kappa shape index (κ2) is 17.3. The molecule has 6 rings (SSSR count). The third-order valence-corrected chi connectivity index (χ3v) is 9.82. The molecule has 4 amide bonds. The number of esters is 1. The minimum atomic E-state index is -1.33. The van der Waals surface area contributed by atoms with Crippen molar-refractivity contribution in [1.29, 1.82) is 0 Å². The van der Waals surface area contributed by atoms with Gasteiger partial charge in [-0.05, 0) is 49.7 Å². The van der Waals surface area contributed by atoms with Crippen molar-refractivity contribution in [3.63, 3.8) is 0 Å². The number of unbranched alkanes of at least 4 members (excludes halogenated alkanes) is 2. The van der Waals surface area contributed by atoms with Crippen LogP contribution in [0.3, 0.4) is 0 Å². The zero-order valence-corrected chi connectivity index (χ0v) is 32.5. The summed E-state index contributed by atoms with van der Waals surface area (Å²) in [6.07, 6.45) is 2.63. The summed E-state index contributed by atoms with van der Waals surface area (Å²) in [4.78, 5) is 67.6. The van der Waals surface area contributed by atoms with Gasteiger partial charge < -0.3 is 24.6 Å². The molecule has 58 heavy (non-hydrogen) atoms. The minimum absolute atomic E-state index is 0.0187. The van der Waals surface area contributed by atoms with Crippen LogP contribution in [0, 0.1) is 15.5 Å². The van der Waals surface area contributed by atoms with Crippen molar-refractivity contribution in [2.45, 2.75) is 39.5 Å². The Bertz CT molecular complexity index is 2370. The van der Waals surface area contributed by atoms with E-state index < -0.39 is 34.2 Å². The molecule has 0 spiro atoms. The van der Waals surface area contributed by atoms with Crippen LogP contribution in [-0.2, 0) is 14.3 Å². The van der Waals surface area contributed by atoms with E-state index in [0.29, 0.717) is 28.9 Å². The summed E-state index contributed by atoms with van der Waals surface area (Å²) < 4.78 is 17.3. The van der Waals surface area contributed by atoms with Gasteiger partial charge in [0.15, 0.2) is 5.75 Å². The number of nitrogens with zero attached hydrogens (tertiary/aromatic N) is 4. The summed E-state index contributed by atoms with van der Waals surface area (Å²) in [6, 6.07) is 26.1. The first-order valence-corrected chi connectivity index (χ1v) is 18.6. The molecule has 5 aromatic carbocycles. The number of aromatic hydroxyl groups is 1. The number of methoxy groups -OCH3 is 1. The summed E-state index contributed by atoms with van der Waals surface area (Å²) in [7, 11) is 2.80. The molecule has 5 aromatic rings. The molecule has 0 saturated carbocycles. The van der Waals surface area contributed by atoms with E-state index in [4.69, 9.17) is 14.2 Å². The number of fused-ring (bicyclic) bond motifs is 1. The van der Waals surface area contributed by atoms with Gasteiger partial charge in [-0.15, -0.1) is 0 Å². The Labute approximate surface area is 334 Å². The molecule has 0 aromatic heterocycles. The molecule has 300 valence electrons. The van der Waals surface area contributed by atoms with Crippen LogP contribution in [0.2, 0.25) is 0 Å². The second-order valence-electron chi connectivity index (χ2n) is 14.0. The molecule has 1 heterocycles. The average Bonchev–Trinajstić information content (AvgIpc) is 3.50. The monoisotopic (exact) mass is 789 g/mol. The zero-order valence-electron chi connectivity index (χ0n) is 32.5. The molecule has 2 N–H and O–H groups in total. The lowest BCUT2D eigenvalue weighted by molar-refractivity contribution is -0.384. The minimum Gasteiger partial charge on any atom is -0.506 e. The maximum Gasteiger partial charge on any atom is 0.350 e. The van der Waals surface area contributed by atoms with Crippen molar-refractivity contribution in [3.8, 4) is 23.0 Å². The van der Waals surface area contributed by atoms with E-state index in [9.17, 15) is 34.4 Å². The van der Waals surface area contributed by atoms with Crippen molar-refractivity contribution >= 4 is 57.3 Å². The highest BCUT2D eigenvalue weighted by Gasteiger charge is 2.52. The van der Waals surface area contributed by atoms with E-state index in [1.807, 2.05) is 6.92 Å². The standard InChI is InChI=1S/C43H43N5O10/c1-5-6-8-21-38(49)57-27-43(2)26-46(28-15-9-7-10-16-28)47(41(43)52)42(53)45(3)34-24-29(48(54)55)22-23-36(34)58-37-25-32(39(50)31-18-12-11-17-30(31)37)40(51)44-33-19-13-14-20-35(33)56-4/h7,9-20,22-25,50H,5-6,8,21,26-27H2,1-4H3,(H,44,51). The van der Waals surface area contributed by atoms with Crippen molar-refractivity contribution in [2.24, 2.45) is 5.41 Å². The number of nitrogens with one attached hydrogen (secondary N) is 1. The number of hydrazine groups is 1. The number of phenolic OH excluding ortho intramolecular Hbond substituents is 1. The normalized spacial score (nSPS) is 14.9. The van der Waals surface area contributed by atoms with E-state index in [1.165, 1.54) is 37.4 Å². The lowest BCUT2D eigenvalue weighted by Gasteiger charge is -2.31. The Hall–Kier alpha value is -7.16. The Kier molecular flexibility index (Phi) is 12.1. The lowest BCUT2D eigenvalue weighted by atomic mass is 9.92. The molecule has 1 saturated heterocycles. The Morgan fingerprint density at radius 2 is 1.60 bits per heavy atom. The van der Waals surface area contributed by atoms with Crippen LogP contribution in [-0.4, -0.2) is 66.2 Å². The Balaban J connectivity index is 1.37. The summed E-state index contributed by atoms with van der Waals surface area (Å²) in [5.41, 5.74) is -1.10. The summed E-state index contributed by atoms with van der Waals surface area (Å²) in [5, 5.41) is 29.2. The number of imide groups is 1. The van der Waals surface area contributed by atoms with Gasteiger partial charge in [0.1, 0.15) is 29.3 Å². The number of nitro groups is 1. The van der Waals surface area contributed by atoms with Crippen molar-refractivity contribution in [1.82, 2.24) is 5.01 Å². The largest absolute Gasteiger partial charge is 0.506 e. The fourth-order valence-corrected chi connectivity index (χ4v) is 6.62. The number of amides is 4. The predicted octanol–water partition coefficient (Wildman–Crippen LogP) is 8.46. The van der Waals surface area contributed by atoms with Gasteiger partial charge in [-0.1, -0.05) is 74.4 Å². The molecule has 15 heteroatoms. The molecule has 1 aliphatic heterocycles. The SMILES string of the molecule is CCCCCC(=O)OCC1(C)CN(c2ccccc2)N(C(=O)N(C)c2cc([N+](=O)[O-])ccc2Oc2cc(C(=O)Nc3ccccc3OC)c(O)c3ccccc23)C1=O. The fourth-order valence-electron chi connectivity index (χ4n) is 6.62. The van der Waals surface area contributed by atoms with Crippen LogP contribution in [0.4, 0.5) is 27.5 Å². The Morgan fingerprint density at radius 1 is 0.914 bits per heavy atom. The number of urea groups is 1. The molecular formula is C43H43N5O10. The predicted molar refractivity (Wildman–Crippen MR) is 217 cm³/mol. The van der Waals surface area contributed by atoms with Gasteiger partial charge in [0.2, 0.25) is 0 Å². The molecule has 1 atom stereocenters. The third kappa shape index (κ3) is 8.33. The number of nitro benzene ring substituents is 1. The second-order valence-corrected chi connectivity index (χ2v) is 14.0. The number of phenols is 1. The van der Waals surface area contributed by atoms with Gasteiger partial charge in [0.05, 0.1) is 41.2 Å². The van der Waals surface area contributed by atoms with E-state index in [-0.39, 0.29) is 59.1 Å². The third-order valence-electron chi connectivity index (χ3n) is 9.82. The molecular weight excluding hydrogens is 746 g/mol. The molecule has 0 bridgehead atoms. The molecule has 1 unspecified atom stereocenters. The van der Waals surface area contributed by atoms with Gasteiger partial charge in [-0.2, -0.15) is 5.01 Å². The smallest absolute Gasteiger partial charge is 0.350 e. The number of hydrogen-bond donors (Lipinski definition) is 2. The molecule has 15 nitrogen and oxygen atoms in total. The summed E-state index contributed by atoms with van der Waals surface area (Å²) in [6.45, 7) is 3.33. The van der Waals surface area contributed by atoms with Crippen molar-refractivity contribution in [2.75, 3.05) is 42.5 Å². The maximum absolute atomic E-state index is 14.6. The van der Waals surface area contributed by atoms with Gasteiger partial charge in [0.25, 0.3) is 17.5 Å². The number of para-hydroxylation sites is 3. The van der Waals surface area contributed by atoms with Crippen LogP contribution < -0.4 is 24.7 Å². The van der Waals surface area contributed by atoms with E-state index in [2.05, 4.69) is 5.32 Å². The average molecular weight is 790 g/mol. The molecule has 1 fully saturated rings. The number of ether oxygens (including phenoxy) is 3. The maximum atomic E-state index is 14.6. The Morgan fingerprint density at radius 3 is 2.31 bits per heavy atom. The van der Waals surface area contributed by atoms with Gasteiger partial charge in [-0.25, -0.2) is 4.79 Å². The van der Waals surface area contributed by atoms with Crippen LogP contribution in [0.1, 0.15) is 49.9 Å². The quantitative estimate of drug-likeness (QED) is 0.0477. The zero-order chi connectivity index (χ0) is 41.6. The molecule has 0 radical (unpaired) electrons. The van der Waals surface area contributed by atoms with E-state index in [1.54, 1.807) is 85.8 Å². The van der Waals surface area contributed by atoms with E-state index in [0.717, 1.165) is 28.8 Å². The highest BCUT2D eigenvalue weighted by Crippen LogP contribution is 2.43. The summed E-state index contributed by atoms with van der Waals surface area (Å²) in [5.74, 6) is -1.69. The number of hydrogen-bond acceptors (Lipinski definition) is 11. The summed E-state index contributed by atoms with van der Waals surface area (Å²) >= 11 is 0. The number of non-ortho nitro benzene ring substituents is 1. The first kappa shape index (κ1) is 40.5. The van der Waals surface area contributed by atoms with Gasteiger partial charge >= 0.3 is 12.0 Å². The fraction of sp³-hybridized carbons (Fsp3) is 0.256. The van der Waals surface area contributed by atoms with E-state index >= 15 is 0 Å². The van der Waals surface area contributed by atoms with Gasteiger partial charge in [0, 0.05) is 36.4 Å². The highest BCUT2D eigenvalue weighted by molar-refractivity contribution is 6.12. The molecule has 0 aliphatic carbocycles. The first-order chi connectivity index (χ1) is 27.9. The van der Waals surface area contributed by atoms with Gasteiger partial charge in [-0.3, -0.25) is 34.4 Å². The lowest BCUT2D eigenvalue weighted by Crippen LogP contribution is -2.50. The van der Waals surface area contributed by atoms with Crippen molar-refractivity contribution < 1.29 is 43.4 Å². The number of rotatable bonds is 14. The van der Waals surface area contributed by atoms with Crippen LogP contribution >= 0.6 is 0 Å². The molecule has 1 aliphatic rings. The van der Waals surface area contributed by atoms with Crippen molar-refractivity contribution in [3.05, 3.63) is 119 Å². The van der Waals surface area contributed by atoms with Crippen LogP contribution in [0.5, 0.6) is 23.0 Å². The topological polar surface area (TPSA) is 181 Å². The first-order valence-electron chi connectivity index (χ1n) is 18.6. The number of anilines is 3. The number of carbonyl (C=O) groups excluding carboxylic acids is 4. The van der Waals surface area contributed by atoms with Crippen LogP contribution in [0.25, 0.3) is 10.8 Å². The number of carbonyl (C=O) groups is 4. The highest BCUT2D eigenvalue weighted by atomic mass is 16.6.